The molecule has 0 unspecified atom stereocenters. The van der Waals surface area contributed by atoms with Crippen LogP contribution in [0.3, 0.4) is 0 Å². The number of fused-ring (bicyclic) bond motifs is 1. The number of anilines is 1. The first-order chi connectivity index (χ1) is 10.1. The average Bonchev–Trinajstić information content (AvgIpc) is 2.70. The Kier molecular flexibility index (Phi) is 3.35. The highest BCUT2D eigenvalue weighted by atomic mass is 35.5. The van der Waals surface area contributed by atoms with Crippen LogP contribution in [0.15, 0.2) is 47.6 Å². The maximum Gasteiger partial charge on any atom is 0.281 e. The molecule has 0 fully saturated rings. The van der Waals surface area contributed by atoms with Crippen LogP contribution in [0.25, 0.3) is 0 Å². The predicted octanol–water partition coefficient (Wildman–Crippen LogP) is 3.20. The van der Waals surface area contributed by atoms with Crippen molar-refractivity contribution in [1.29, 1.82) is 0 Å². The topological polar surface area (TPSA) is 52.9 Å². The highest BCUT2D eigenvalue weighted by Gasteiger charge is 2.34. The Morgan fingerprint density at radius 3 is 2.76 bits per heavy atom. The van der Waals surface area contributed by atoms with Gasteiger partial charge in [-0.05, 0) is 35.9 Å². The molecule has 2 aromatic rings. The highest BCUT2D eigenvalue weighted by Crippen LogP contribution is 2.32. The summed E-state index contributed by atoms with van der Waals surface area (Å²) in [5.41, 5.74) is 1.63. The maximum absolute atomic E-state index is 13.2. The van der Waals surface area contributed by atoms with Gasteiger partial charge >= 0.3 is 0 Å². The third-order valence-corrected chi connectivity index (χ3v) is 3.52. The summed E-state index contributed by atoms with van der Waals surface area (Å²) in [6, 6.07) is 10.9. The van der Waals surface area contributed by atoms with E-state index in [2.05, 4.69) is 5.16 Å². The van der Waals surface area contributed by atoms with Crippen molar-refractivity contribution in [2.45, 2.75) is 6.54 Å². The van der Waals surface area contributed by atoms with E-state index in [0.717, 1.165) is 0 Å². The van der Waals surface area contributed by atoms with Crippen LogP contribution in [0.2, 0.25) is 5.02 Å². The van der Waals surface area contributed by atoms with E-state index in [1.54, 1.807) is 30.3 Å². The third-order valence-electron chi connectivity index (χ3n) is 3.28. The molecule has 1 aliphatic heterocycles. The van der Waals surface area contributed by atoms with Crippen LogP contribution in [-0.2, 0) is 11.3 Å². The van der Waals surface area contributed by atoms with Gasteiger partial charge in [-0.1, -0.05) is 28.9 Å². The van der Waals surface area contributed by atoms with Crippen LogP contribution in [0.5, 0.6) is 0 Å². The summed E-state index contributed by atoms with van der Waals surface area (Å²) >= 11 is 5.91. The lowest BCUT2D eigenvalue weighted by Gasteiger charge is -2.16. The molecule has 6 heteroatoms. The van der Waals surface area contributed by atoms with Gasteiger partial charge in [-0.3, -0.25) is 4.79 Å². The molecule has 1 aliphatic rings. The molecule has 1 amide bonds. The minimum Gasteiger partial charge on any atom is -0.410 e. The highest BCUT2D eigenvalue weighted by molar-refractivity contribution is 6.54. The van der Waals surface area contributed by atoms with Crippen LogP contribution < -0.4 is 4.90 Å². The van der Waals surface area contributed by atoms with Gasteiger partial charge in [0.1, 0.15) is 5.82 Å². The first kappa shape index (κ1) is 13.6. The van der Waals surface area contributed by atoms with Gasteiger partial charge in [-0.2, -0.15) is 0 Å². The summed E-state index contributed by atoms with van der Waals surface area (Å²) < 4.78 is 13.2. The van der Waals surface area contributed by atoms with Crippen molar-refractivity contribution in [3.05, 3.63) is 64.4 Å². The number of rotatable bonds is 2. The van der Waals surface area contributed by atoms with Crippen molar-refractivity contribution in [2.75, 3.05) is 4.90 Å². The number of carbonyl (C=O) groups excluding carboxylic acids is 1. The summed E-state index contributed by atoms with van der Waals surface area (Å²) in [5.74, 6) is -0.814. The molecule has 0 saturated heterocycles. The van der Waals surface area contributed by atoms with Crippen molar-refractivity contribution >= 4 is 28.9 Å². The minimum absolute atomic E-state index is 0.0658. The van der Waals surface area contributed by atoms with Crippen LogP contribution >= 0.6 is 11.6 Å². The molecule has 3 rings (SSSR count). The second kappa shape index (κ2) is 5.18. The van der Waals surface area contributed by atoms with Crippen LogP contribution in [-0.4, -0.2) is 16.8 Å². The fourth-order valence-electron chi connectivity index (χ4n) is 2.36. The van der Waals surface area contributed by atoms with Gasteiger partial charge in [0.05, 0.1) is 12.2 Å². The normalized spacial score (nSPS) is 15.6. The fourth-order valence-corrected chi connectivity index (χ4v) is 2.53. The number of hydrogen-bond acceptors (Lipinski definition) is 3. The second-order valence-corrected chi connectivity index (χ2v) is 5.07. The number of halogens is 2. The molecule has 4 nitrogen and oxygen atoms in total. The first-order valence-corrected chi connectivity index (χ1v) is 6.56. The number of hydrogen-bond donors (Lipinski definition) is 1. The first-order valence-electron chi connectivity index (χ1n) is 6.18. The molecule has 0 aromatic heterocycles. The van der Waals surface area contributed by atoms with Gasteiger partial charge in [-0.25, -0.2) is 4.39 Å². The number of amides is 1. The van der Waals surface area contributed by atoms with Gasteiger partial charge in [0.2, 0.25) is 0 Å². The zero-order chi connectivity index (χ0) is 15.0. The summed E-state index contributed by atoms with van der Waals surface area (Å²) in [5, 5.41) is 12.5. The minimum atomic E-state index is -0.445. The molecule has 1 heterocycles. The standard InChI is InChI=1S/C15H10ClFN2O2/c16-10-4-5-13-12(7-10)14(18-21)15(20)19(13)8-9-2-1-3-11(17)6-9/h1-7,21H,8H2/b18-14-. The van der Waals surface area contributed by atoms with Gasteiger partial charge in [-0.15, -0.1) is 0 Å². The quantitative estimate of drug-likeness (QED) is 0.684. The Balaban J connectivity index is 2.02. The van der Waals surface area contributed by atoms with E-state index in [4.69, 9.17) is 16.8 Å². The number of carbonyl (C=O) groups is 1. The summed E-state index contributed by atoms with van der Waals surface area (Å²) in [7, 11) is 0. The van der Waals surface area contributed by atoms with Crippen molar-refractivity contribution in [3.63, 3.8) is 0 Å². The van der Waals surface area contributed by atoms with Gasteiger partial charge < -0.3 is 10.1 Å². The lowest BCUT2D eigenvalue weighted by atomic mass is 10.1. The lowest BCUT2D eigenvalue weighted by Crippen LogP contribution is -2.29. The SMILES string of the molecule is O=C1/C(=N\O)c2cc(Cl)ccc2N1Cc1cccc(F)c1. The molecular formula is C15H10ClFN2O2. The van der Waals surface area contributed by atoms with E-state index in [9.17, 15) is 9.18 Å². The molecule has 0 aliphatic carbocycles. The smallest absolute Gasteiger partial charge is 0.281 e. The molecule has 0 spiro atoms. The Morgan fingerprint density at radius 2 is 2.05 bits per heavy atom. The fraction of sp³-hybridized carbons (Fsp3) is 0.0667. The largest absolute Gasteiger partial charge is 0.410 e. The van der Waals surface area contributed by atoms with Crippen molar-refractivity contribution in [3.8, 4) is 0 Å². The van der Waals surface area contributed by atoms with Gasteiger partial charge in [0, 0.05) is 10.6 Å². The van der Waals surface area contributed by atoms with Crippen molar-refractivity contribution < 1.29 is 14.4 Å². The van der Waals surface area contributed by atoms with E-state index in [0.29, 0.717) is 21.8 Å². The van der Waals surface area contributed by atoms with E-state index >= 15 is 0 Å². The maximum atomic E-state index is 13.2. The molecule has 106 valence electrons. The molecule has 0 atom stereocenters. The van der Waals surface area contributed by atoms with E-state index < -0.39 is 5.91 Å². The lowest BCUT2D eigenvalue weighted by molar-refractivity contribution is -0.112. The average molecular weight is 305 g/mol. The van der Waals surface area contributed by atoms with Gasteiger partial charge in [0.15, 0.2) is 5.71 Å². The number of benzene rings is 2. The molecule has 0 saturated carbocycles. The molecule has 0 radical (unpaired) electrons. The Morgan fingerprint density at radius 1 is 1.24 bits per heavy atom. The Labute approximate surface area is 125 Å². The molecule has 0 bridgehead atoms. The predicted molar refractivity (Wildman–Crippen MR) is 77.4 cm³/mol. The van der Waals surface area contributed by atoms with E-state index in [-0.39, 0.29) is 18.1 Å². The van der Waals surface area contributed by atoms with Crippen LogP contribution in [0.1, 0.15) is 11.1 Å². The number of oxime groups is 1. The molecule has 2 aromatic carbocycles. The Bertz CT molecular complexity index is 761. The summed E-state index contributed by atoms with van der Waals surface area (Å²) in [6.45, 7) is 0.185. The van der Waals surface area contributed by atoms with Crippen molar-refractivity contribution in [2.24, 2.45) is 5.16 Å². The Hall–Kier alpha value is -2.40. The van der Waals surface area contributed by atoms with E-state index in [1.807, 2.05) is 0 Å². The zero-order valence-corrected chi connectivity index (χ0v) is 11.5. The summed E-state index contributed by atoms with van der Waals surface area (Å²) in [6.07, 6.45) is 0. The van der Waals surface area contributed by atoms with Crippen LogP contribution in [0, 0.1) is 5.82 Å². The monoisotopic (exact) mass is 304 g/mol. The second-order valence-electron chi connectivity index (χ2n) is 4.63. The number of nitrogens with zero attached hydrogens (tertiary/aromatic N) is 2. The van der Waals surface area contributed by atoms with E-state index in [1.165, 1.54) is 17.0 Å². The third kappa shape index (κ3) is 2.36. The summed E-state index contributed by atoms with van der Waals surface area (Å²) in [4.78, 5) is 13.7. The molecule has 21 heavy (non-hydrogen) atoms. The van der Waals surface area contributed by atoms with Crippen LogP contribution in [0.4, 0.5) is 10.1 Å². The molecular weight excluding hydrogens is 295 g/mol. The van der Waals surface area contributed by atoms with Gasteiger partial charge in [0.25, 0.3) is 5.91 Å². The molecule has 1 N–H and O–H groups in total. The zero-order valence-electron chi connectivity index (χ0n) is 10.8. The van der Waals surface area contributed by atoms with Crippen molar-refractivity contribution in [1.82, 2.24) is 0 Å².